The summed E-state index contributed by atoms with van der Waals surface area (Å²) >= 11 is 0. The number of hydrogen-bond donors (Lipinski definition) is 1. The summed E-state index contributed by atoms with van der Waals surface area (Å²) in [6, 6.07) is 2.40. The van der Waals surface area contributed by atoms with Crippen molar-refractivity contribution in [2.75, 3.05) is 13.7 Å². The van der Waals surface area contributed by atoms with Gasteiger partial charge in [-0.2, -0.15) is 13.2 Å². The van der Waals surface area contributed by atoms with Gasteiger partial charge >= 0.3 is 6.18 Å². The number of hydrogen-bond acceptors (Lipinski definition) is 4. The normalized spacial score (nSPS) is 13.3. The highest BCUT2D eigenvalue weighted by Crippen LogP contribution is 2.36. The van der Waals surface area contributed by atoms with E-state index in [1.165, 1.54) is 13.2 Å². The minimum absolute atomic E-state index is 0.148. The molecule has 19 heavy (non-hydrogen) atoms. The summed E-state index contributed by atoms with van der Waals surface area (Å²) in [6.07, 6.45) is -4.63. The van der Waals surface area contributed by atoms with Crippen LogP contribution < -0.4 is 5.73 Å². The number of methoxy groups -OCH3 is 1. The topological polar surface area (TPSA) is 78.4 Å². The van der Waals surface area contributed by atoms with Crippen LogP contribution in [0.25, 0.3) is 0 Å². The third-order valence-corrected chi connectivity index (χ3v) is 2.44. The Hall–Kier alpha value is -1.67. The molecule has 0 aromatic heterocycles. The molecule has 1 rings (SSSR count). The van der Waals surface area contributed by atoms with Gasteiger partial charge in [0.15, 0.2) is 0 Å². The molecule has 1 unspecified atom stereocenters. The Morgan fingerprint density at radius 2 is 2.11 bits per heavy atom. The molecule has 1 aromatic carbocycles. The van der Waals surface area contributed by atoms with Gasteiger partial charge in [-0.05, 0) is 18.1 Å². The van der Waals surface area contributed by atoms with Gasteiger partial charge in [-0.3, -0.25) is 10.1 Å². The summed E-state index contributed by atoms with van der Waals surface area (Å²) in [5.74, 6) is 0. The van der Waals surface area contributed by atoms with Crippen molar-refractivity contribution in [3.05, 3.63) is 39.4 Å². The van der Waals surface area contributed by atoms with Crippen LogP contribution in [0.3, 0.4) is 0 Å². The van der Waals surface area contributed by atoms with Crippen molar-refractivity contribution in [1.82, 2.24) is 0 Å². The van der Waals surface area contributed by atoms with Crippen molar-refractivity contribution in [2.24, 2.45) is 5.73 Å². The van der Waals surface area contributed by atoms with E-state index >= 15 is 0 Å². The molecule has 0 aliphatic heterocycles. The van der Waals surface area contributed by atoms with Gasteiger partial charge in [0.05, 0.1) is 11.5 Å². The van der Waals surface area contributed by atoms with E-state index in [-0.39, 0.29) is 18.6 Å². The van der Waals surface area contributed by atoms with E-state index in [0.29, 0.717) is 0 Å². The fourth-order valence-corrected chi connectivity index (χ4v) is 1.67. The second-order valence-corrected chi connectivity index (χ2v) is 4.03. The summed E-state index contributed by atoms with van der Waals surface area (Å²) < 4.78 is 42.9. The van der Waals surface area contributed by atoms with Crippen LogP contribution >= 0.6 is 0 Å². The minimum atomic E-state index is -4.77. The maximum absolute atomic E-state index is 12.7. The van der Waals surface area contributed by atoms with Crippen molar-refractivity contribution < 1.29 is 22.8 Å². The predicted molar refractivity (Wildman–Crippen MR) is 61.7 cm³/mol. The zero-order chi connectivity index (χ0) is 14.6. The van der Waals surface area contributed by atoms with Crippen LogP contribution in [0, 0.1) is 10.1 Å². The molecule has 1 aromatic rings. The lowest BCUT2D eigenvalue weighted by atomic mass is 10.0. The summed E-state index contributed by atoms with van der Waals surface area (Å²) in [5.41, 5.74) is 3.69. The summed E-state index contributed by atoms with van der Waals surface area (Å²) in [4.78, 5) is 9.51. The number of nitrogens with two attached hydrogens (primary N) is 1. The van der Waals surface area contributed by atoms with E-state index in [1.54, 1.807) is 0 Å². The van der Waals surface area contributed by atoms with Crippen molar-refractivity contribution in [1.29, 1.82) is 0 Å². The van der Waals surface area contributed by atoms with Crippen LogP contribution in [-0.2, 0) is 17.3 Å². The Balaban J connectivity index is 3.09. The van der Waals surface area contributed by atoms with Crippen LogP contribution in [0.1, 0.15) is 11.1 Å². The highest BCUT2D eigenvalue weighted by atomic mass is 19.4. The third kappa shape index (κ3) is 4.18. The molecular weight excluding hydrogens is 265 g/mol. The molecule has 2 N–H and O–H groups in total. The molecule has 0 bridgehead atoms. The number of rotatable bonds is 5. The number of nitrogens with zero attached hydrogens (tertiary/aromatic N) is 1. The van der Waals surface area contributed by atoms with Crippen LogP contribution in [-0.4, -0.2) is 24.7 Å². The molecule has 106 valence electrons. The Morgan fingerprint density at radius 3 is 2.58 bits per heavy atom. The zero-order valence-corrected chi connectivity index (χ0v) is 10.1. The largest absolute Gasteiger partial charge is 0.423 e. The Morgan fingerprint density at radius 1 is 1.47 bits per heavy atom. The molecule has 0 aliphatic carbocycles. The van der Waals surface area contributed by atoms with Gasteiger partial charge in [0.25, 0.3) is 5.69 Å². The number of nitro groups is 1. The van der Waals surface area contributed by atoms with E-state index < -0.39 is 28.4 Å². The van der Waals surface area contributed by atoms with Gasteiger partial charge in [0.1, 0.15) is 5.56 Å². The fraction of sp³-hybridized carbons (Fsp3) is 0.455. The summed E-state index contributed by atoms with van der Waals surface area (Å²) in [6.45, 7) is 0.193. The van der Waals surface area contributed by atoms with E-state index in [1.807, 2.05) is 0 Å². The Labute approximate surface area is 107 Å². The molecular formula is C11H13F3N2O3. The first-order chi connectivity index (χ1) is 8.75. The number of alkyl halides is 3. The van der Waals surface area contributed by atoms with Gasteiger partial charge in [-0.15, -0.1) is 0 Å². The van der Waals surface area contributed by atoms with E-state index in [0.717, 1.165) is 12.1 Å². The average molecular weight is 278 g/mol. The monoisotopic (exact) mass is 278 g/mol. The lowest BCUT2D eigenvalue weighted by Gasteiger charge is -2.13. The number of benzene rings is 1. The Bertz CT molecular complexity index is 463. The Kier molecular flexibility index (Phi) is 4.84. The van der Waals surface area contributed by atoms with Gasteiger partial charge in [0.2, 0.25) is 0 Å². The van der Waals surface area contributed by atoms with E-state index in [2.05, 4.69) is 0 Å². The molecule has 5 nitrogen and oxygen atoms in total. The lowest BCUT2D eigenvalue weighted by Crippen LogP contribution is -2.28. The highest BCUT2D eigenvalue weighted by molar-refractivity contribution is 5.44. The van der Waals surface area contributed by atoms with Crippen molar-refractivity contribution in [2.45, 2.75) is 18.6 Å². The van der Waals surface area contributed by atoms with Crippen LogP contribution in [0.2, 0.25) is 0 Å². The van der Waals surface area contributed by atoms with Gasteiger partial charge in [-0.1, -0.05) is 6.07 Å². The van der Waals surface area contributed by atoms with E-state index in [9.17, 15) is 23.3 Å². The van der Waals surface area contributed by atoms with Crippen LogP contribution in [0.15, 0.2) is 18.2 Å². The second-order valence-electron chi connectivity index (χ2n) is 4.03. The first-order valence-corrected chi connectivity index (χ1v) is 5.34. The van der Waals surface area contributed by atoms with Gasteiger partial charge < -0.3 is 10.5 Å². The third-order valence-electron chi connectivity index (χ3n) is 2.44. The first kappa shape index (κ1) is 15.4. The van der Waals surface area contributed by atoms with Gasteiger partial charge in [0, 0.05) is 19.2 Å². The zero-order valence-electron chi connectivity index (χ0n) is 10.1. The molecule has 0 saturated carbocycles. The lowest BCUT2D eigenvalue weighted by molar-refractivity contribution is -0.388. The molecule has 0 amide bonds. The summed E-state index contributed by atoms with van der Waals surface area (Å²) in [5, 5.41) is 10.6. The first-order valence-electron chi connectivity index (χ1n) is 5.34. The van der Waals surface area contributed by atoms with E-state index in [4.69, 9.17) is 10.5 Å². The highest BCUT2D eigenvalue weighted by Gasteiger charge is 2.38. The maximum atomic E-state index is 12.7. The average Bonchev–Trinajstić information content (AvgIpc) is 2.27. The summed E-state index contributed by atoms with van der Waals surface area (Å²) in [7, 11) is 1.43. The molecule has 0 aliphatic rings. The maximum Gasteiger partial charge on any atom is 0.423 e. The molecule has 1 atom stereocenters. The standard InChI is InChI=1S/C11H13F3N2O3/c1-19-6-8(15)4-7-2-3-10(16(17)18)9(5-7)11(12,13)14/h2-3,5,8H,4,6,15H2,1H3. The smallest absolute Gasteiger partial charge is 0.383 e. The molecule has 8 heteroatoms. The van der Waals surface area contributed by atoms with Crippen molar-refractivity contribution in [3.63, 3.8) is 0 Å². The molecule has 0 spiro atoms. The van der Waals surface area contributed by atoms with Crippen molar-refractivity contribution >= 4 is 5.69 Å². The fourth-order valence-electron chi connectivity index (χ4n) is 1.67. The number of ether oxygens (including phenoxy) is 1. The second kappa shape index (κ2) is 5.98. The number of nitro benzene ring substituents is 1. The van der Waals surface area contributed by atoms with Crippen LogP contribution in [0.5, 0.6) is 0 Å². The minimum Gasteiger partial charge on any atom is -0.383 e. The molecule has 0 fully saturated rings. The quantitative estimate of drug-likeness (QED) is 0.661. The van der Waals surface area contributed by atoms with Gasteiger partial charge in [-0.25, -0.2) is 0 Å². The predicted octanol–water partition coefficient (Wildman–Crippen LogP) is 2.13. The van der Waals surface area contributed by atoms with Crippen molar-refractivity contribution in [3.8, 4) is 0 Å². The number of halogens is 3. The van der Waals surface area contributed by atoms with Crippen LogP contribution in [0.4, 0.5) is 18.9 Å². The molecule has 0 saturated heterocycles. The molecule has 0 heterocycles. The molecule has 0 radical (unpaired) electrons. The SMILES string of the molecule is COCC(N)Cc1ccc([N+](=O)[O-])c(C(F)(F)F)c1.